The topological polar surface area (TPSA) is 70.7 Å². The number of aromatic nitrogens is 3. The van der Waals surface area contributed by atoms with Gasteiger partial charge in [0.25, 0.3) is 0 Å². The molecule has 0 aliphatic heterocycles. The third-order valence-corrected chi connectivity index (χ3v) is 4.72. The summed E-state index contributed by atoms with van der Waals surface area (Å²) in [7, 11) is 0. The fourth-order valence-electron chi connectivity index (χ4n) is 2.47. The van der Waals surface area contributed by atoms with E-state index >= 15 is 0 Å². The molecule has 6 heteroatoms. The van der Waals surface area contributed by atoms with Gasteiger partial charge in [-0.2, -0.15) is 0 Å². The molecule has 0 spiro atoms. The maximum absolute atomic E-state index is 12.3. The van der Waals surface area contributed by atoms with Crippen LogP contribution in [0.15, 0.2) is 53.7 Å². The molecule has 1 aromatic carbocycles. The number of carbonyl (C=O) groups is 1. The number of thioether (sulfide) groups is 1. The van der Waals surface area contributed by atoms with Crippen molar-refractivity contribution in [2.75, 3.05) is 5.75 Å². The van der Waals surface area contributed by atoms with E-state index in [0.717, 1.165) is 21.8 Å². The molecular formula is C18H20N4OS. The van der Waals surface area contributed by atoms with E-state index in [4.69, 9.17) is 0 Å². The highest BCUT2D eigenvalue weighted by atomic mass is 32.2. The van der Waals surface area contributed by atoms with E-state index in [9.17, 15) is 4.79 Å². The predicted octanol–water partition coefficient (Wildman–Crippen LogP) is 3.56. The van der Waals surface area contributed by atoms with Crippen LogP contribution in [0.1, 0.15) is 25.7 Å². The van der Waals surface area contributed by atoms with E-state index in [2.05, 4.69) is 34.1 Å². The zero-order chi connectivity index (χ0) is 16.9. The van der Waals surface area contributed by atoms with Gasteiger partial charge in [-0.15, -0.1) is 11.8 Å². The lowest BCUT2D eigenvalue weighted by Crippen LogP contribution is -2.33. The van der Waals surface area contributed by atoms with Crippen molar-refractivity contribution >= 4 is 28.7 Å². The van der Waals surface area contributed by atoms with Crippen LogP contribution in [-0.4, -0.2) is 26.6 Å². The molecule has 2 aromatic heterocycles. The van der Waals surface area contributed by atoms with Crippen molar-refractivity contribution in [2.24, 2.45) is 5.92 Å². The zero-order valence-electron chi connectivity index (χ0n) is 13.7. The Morgan fingerprint density at radius 1 is 1.21 bits per heavy atom. The van der Waals surface area contributed by atoms with Crippen LogP contribution in [-0.2, 0) is 4.79 Å². The van der Waals surface area contributed by atoms with Crippen LogP contribution in [0.3, 0.4) is 0 Å². The van der Waals surface area contributed by atoms with Crippen molar-refractivity contribution in [3.63, 3.8) is 0 Å². The molecule has 0 aliphatic carbocycles. The zero-order valence-corrected chi connectivity index (χ0v) is 14.5. The molecule has 0 aliphatic rings. The molecular weight excluding hydrogens is 320 g/mol. The highest BCUT2D eigenvalue weighted by Crippen LogP contribution is 2.23. The predicted molar refractivity (Wildman–Crippen MR) is 96.8 cm³/mol. The molecule has 1 amide bonds. The number of fused-ring (bicyclic) bond motifs is 1. The standard InChI is InChI=1S/C18H20N4OS/c1-12(2)17(18-20-14-5-3-4-6-15(14)21-18)22-16(23)11-24-13-7-9-19-10-8-13/h3-10,12,17H,11H2,1-2H3,(H,20,21)(H,22,23)/t17-/m0/s1. The summed E-state index contributed by atoms with van der Waals surface area (Å²) in [6.07, 6.45) is 3.46. The Bertz CT molecular complexity index is 783. The summed E-state index contributed by atoms with van der Waals surface area (Å²) in [5, 5.41) is 3.09. The van der Waals surface area contributed by atoms with Crippen molar-refractivity contribution in [1.82, 2.24) is 20.3 Å². The van der Waals surface area contributed by atoms with Crippen LogP contribution in [0.5, 0.6) is 0 Å². The number of pyridine rings is 1. The van der Waals surface area contributed by atoms with Gasteiger partial charge in [0.15, 0.2) is 0 Å². The first-order valence-corrected chi connectivity index (χ1v) is 8.89. The monoisotopic (exact) mass is 340 g/mol. The van der Waals surface area contributed by atoms with Gasteiger partial charge in [-0.25, -0.2) is 4.98 Å². The number of imidazole rings is 1. The van der Waals surface area contributed by atoms with Gasteiger partial charge < -0.3 is 10.3 Å². The summed E-state index contributed by atoms with van der Waals surface area (Å²) in [6.45, 7) is 4.16. The number of amides is 1. The van der Waals surface area contributed by atoms with Crippen LogP contribution >= 0.6 is 11.8 Å². The van der Waals surface area contributed by atoms with Crippen LogP contribution in [0, 0.1) is 5.92 Å². The van der Waals surface area contributed by atoms with Gasteiger partial charge in [0.2, 0.25) is 5.91 Å². The molecule has 5 nitrogen and oxygen atoms in total. The highest BCUT2D eigenvalue weighted by molar-refractivity contribution is 8.00. The third-order valence-electron chi connectivity index (χ3n) is 3.71. The Hall–Kier alpha value is -2.34. The van der Waals surface area contributed by atoms with E-state index < -0.39 is 0 Å². The fourth-order valence-corrected chi connectivity index (χ4v) is 3.16. The molecule has 0 saturated carbocycles. The molecule has 2 N–H and O–H groups in total. The second-order valence-corrected chi connectivity index (χ2v) is 6.95. The Morgan fingerprint density at radius 2 is 1.96 bits per heavy atom. The molecule has 0 radical (unpaired) electrons. The SMILES string of the molecule is CC(C)[C@H](NC(=O)CSc1ccncc1)c1nc2ccccc2[nH]1. The van der Waals surface area contributed by atoms with Crippen LogP contribution in [0.4, 0.5) is 0 Å². The summed E-state index contributed by atoms with van der Waals surface area (Å²) in [6, 6.07) is 11.6. The minimum Gasteiger partial charge on any atom is -0.345 e. The molecule has 0 fully saturated rings. The maximum Gasteiger partial charge on any atom is 0.230 e. The Balaban J connectivity index is 1.68. The lowest BCUT2D eigenvalue weighted by molar-refractivity contribution is -0.119. The molecule has 0 bridgehead atoms. The number of rotatable bonds is 6. The summed E-state index contributed by atoms with van der Waals surface area (Å²) in [4.78, 5) is 25.3. The minimum absolute atomic E-state index is 0.00373. The maximum atomic E-state index is 12.3. The molecule has 0 saturated heterocycles. The smallest absolute Gasteiger partial charge is 0.230 e. The van der Waals surface area contributed by atoms with Gasteiger partial charge in [-0.05, 0) is 30.2 Å². The quantitative estimate of drug-likeness (QED) is 0.673. The van der Waals surface area contributed by atoms with E-state index in [-0.39, 0.29) is 17.9 Å². The number of hydrogen-bond donors (Lipinski definition) is 2. The van der Waals surface area contributed by atoms with Crippen molar-refractivity contribution in [2.45, 2.75) is 24.8 Å². The lowest BCUT2D eigenvalue weighted by atomic mass is 10.0. The molecule has 2 heterocycles. The van der Waals surface area contributed by atoms with Crippen molar-refractivity contribution < 1.29 is 4.79 Å². The summed E-state index contributed by atoms with van der Waals surface area (Å²) >= 11 is 1.50. The number of nitrogens with one attached hydrogen (secondary N) is 2. The summed E-state index contributed by atoms with van der Waals surface area (Å²) in [5.41, 5.74) is 1.90. The van der Waals surface area contributed by atoms with Gasteiger partial charge in [0.05, 0.1) is 22.8 Å². The average molecular weight is 340 g/mol. The lowest BCUT2D eigenvalue weighted by Gasteiger charge is -2.20. The average Bonchev–Trinajstić information content (AvgIpc) is 3.02. The number of benzene rings is 1. The minimum atomic E-state index is -0.136. The van der Waals surface area contributed by atoms with Gasteiger partial charge in [0.1, 0.15) is 5.82 Å². The number of para-hydroxylation sites is 2. The molecule has 1 atom stereocenters. The van der Waals surface area contributed by atoms with E-state index in [1.807, 2.05) is 36.4 Å². The number of aromatic amines is 1. The summed E-state index contributed by atoms with van der Waals surface area (Å²) < 4.78 is 0. The van der Waals surface area contributed by atoms with Gasteiger partial charge >= 0.3 is 0 Å². The van der Waals surface area contributed by atoms with E-state index in [1.165, 1.54) is 11.8 Å². The van der Waals surface area contributed by atoms with Gasteiger partial charge in [-0.1, -0.05) is 26.0 Å². The van der Waals surface area contributed by atoms with Crippen LogP contribution in [0.25, 0.3) is 11.0 Å². The third kappa shape index (κ3) is 3.94. The van der Waals surface area contributed by atoms with Crippen LogP contribution < -0.4 is 5.32 Å². The first-order chi connectivity index (χ1) is 11.6. The fraction of sp³-hybridized carbons (Fsp3) is 0.278. The Kier molecular flexibility index (Phi) is 5.15. The number of carbonyl (C=O) groups excluding carboxylic acids is 1. The van der Waals surface area contributed by atoms with Gasteiger partial charge in [-0.3, -0.25) is 9.78 Å². The Labute approximate surface area is 145 Å². The highest BCUT2D eigenvalue weighted by Gasteiger charge is 2.21. The molecule has 24 heavy (non-hydrogen) atoms. The normalized spacial score (nSPS) is 12.5. The van der Waals surface area contributed by atoms with E-state index in [0.29, 0.717) is 5.75 Å². The second kappa shape index (κ2) is 7.49. The first-order valence-electron chi connectivity index (χ1n) is 7.90. The molecule has 3 rings (SSSR count). The molecule has 3 aromatic rings. The van der Waals surface area contributed by atoms with E-state index in [1.54, 1.807) is 12.4 Å². The largest absolute Gasteiger partial charge is 0.345 e. The van der Waals surface area contributed by atoms with Crippen LogP contribution in [0.2, 0.25) is 0 Å². The Morgan fingerprint density at radius 3 is 2.67 bits per heavy atom. The number of H-pyrrole nitrogens is 1. The number of hydrogen-bond acceptors (Lipinski definition) is 4. The van der Waals surface area contributed by atoms with Crippen molar-refractivity contribution in [3.05, 3.63) is 54.6 Å². The van der Waals surface area contributed by atoms with Crippen molar-refractivity contribution in [1.29, 1.82) is 0 Å². The first kappa shape index (κ1) is 16.5. The number of nitrogens with zero attached hydrogens (tertiary/aromatic N) is 2. The molecule has 124 valence electrons. The van der Waals surface area contributed by atoms with Gasteiger partial charge in [0, 0.05) is 17.3 Å². The second-order valence-electron chi connectivity index (χ2n) is 5.90. The summed E-state index contributed by atoms with van der Waals surface area (Å²) in [5.74, 6) is 1.40. The molecule has 0 unspecified atom stereocenters. The van der Waals surface area contributed by atoms with Crippen molar-refractivity contribution in [3.8, 4) is 0 Å².